The predicted molar refractivity (Wildman–Crippen MR) is 64.9 cm³/mol. The standard InChI is InChI=1S/C12H22N2O4/c1-2-3-14-10(15)5-7-4-8-12(17-7)11(16)9(6-13)18-8/h7-9,11-12,16H,2-6,13H2,1H3,(H,14,15)/t7-,8-,9-,11-,12+/m1/s1. The Kier molecular flexibility index (Phi) is 4.55. The fourth-order valence-electron chi connectivity index (χ4n) is 2.58. The molecule has 0 spiro atoms. The number of amides is 1. The average Bonchev–Trinajstić information content (AvgIpc) is 2.86. The molecule has 2 heterocycles. The molecular formula is C12H22N2O4. The van der Waals surface area contributed by atoms with Crippen LogP contribution in [0.1, 0.15) is 26.2 Å². The first-order chi connectivity index (χ1) is 8.65. The Balaban J connectivity index is 1.79. The van der Waals surface area contributed by atoms with Crippen molar-refractivity contribution in [1.29, 1.82) is 0 Å². The van der Waals surface area contributed by atoms with Gasteiger partial charge in [-0.3, -0.25) is 4.79 Å². The zero-order chi connectivity index (χ0) is 13.1. The molecule has 0 aromatic carbocycles. The van der Waals surface area contributed by atoms with Crippen molar-refractivity contribution in [1.82, 2.24) is 5.32 Å². The number of aliphatic hydroxyl groups is 1. The first-order valence-electron chi connectivity index (χ1n) is 6.61. The maximum absolute atomic E-state index is 11.6. The Morgan fingerprint density at radius 2 is 2.28 bits per heavy atom. The third-order valence-corrected chi connectivity index (χ3v) is 3.50. The smallest absolute Gasteiger partial charge is 0.222 e. The number of rotatable bonds is 5. The van der Waals surface area contributed by atoms with E-state index >= 15 is 0 Å². The van der Waals surface area contributed by atoms with Gasteiger partial charge in [0.1, 0.15) is 12.2 Å². The number of hydrogen-bond donors (Lipinski definition) is 3. The molecule has 0 bridgehead atoms. The van der Waals surface area contributed by atoms with Crippen molar-refractivity contribution in [2.45, 2.75) is 56.7 Å². The molecule has 2 aliphatic heterocycles. The van der Waals surface area contributed by atoms with Crippen LogP contribution in [0.5, 0.6) is 0 Å². The molecule has 2 saturated heterocycles. The lowest BCUT2D eigenvalue weighted by molar-refractivity contribution is -0.124. The third-order valence-electron chi connectivity index (χ3n) is 3.50. The second-order valence-corrected chi connectivity index (χ2v) is 4.95. The van der Waals surface area contributed by atoms with Crippen molar-refractivity contribution in [3.05, 3.63) is 0 Å². The molecule has 6 heteroatoms. The zero-order valence-electron chi connectivity index (χ0n) is 10.7. The van der Waals surface area contributed by atoms with Gasteiger partial charge in [0, 0.05) is 19.5 Å². The molecule has 0 saturated carbocycles. The van der Waals surface area contributed by atoms with E-state index in [1.807, 2.05) is 6.92 Å². The van der Waals surface area contributed by atoms with E-state index in [1.165, 1.54) is 0 Å². The van der Waals surface area contributed by atoms with E-state index in [-0.39, 0.29) is 30.3 Å². The molecule has 18 heavy (non-hydrogen) atoms. The molecule has 6 nitrogen and oxygen atoms in total. The highest BCUT2D eigenvalue weighted by Gasteiger charge is 2.50. The highest BCUT2D eigenvalue weighted by Crippen LogP contribution is 2.35. The number of hydrogen-bond acceptors (Lipinski definition) is 5. The SMILES string of the molecule is CCCNC(=O)C[C@H]1C[C@H]2O[C@H](CN)[C@@H](O)[C@H]2O1. The molecule has 1 amide bonds. The number of ether oxygens (including phenoxy) is 2. The normalized spacial score (nSPS) is 38.7. The van der Waals surface area contributed by atoms with Crippen molar-refractivity contribution in [2.75, 3.05) is 13.1 Å². The van der Waals surface area contributed by atoms with Crippen molar-refractivity contribution in [2.24, 2.45) is 5.73 Å². The van der Waals surface area contributed by atoms with Crippen molar-refractivity contribution in [3.63, 3.8) is 0 Å². The summed E-state index contributed by atoms with van der Waals surface area (Å²) in [7, 11) is 0. The van der Waals surface area contributed by atoms with E-state index in [1.54, 1.807) is 0 Å². The monoisotopic (exact) mass is 258 g/mol. The van der Waals surface area contributed by atoms with Crippen LogP contribution < -0.4 is 11.1 Å². The van der Waals surface area contributed by atoms with Gasteiger partial charge in [0.15, 0.2) is 0 Å². The lowest BCUT2D eigenvalue weighted by atomic mass is 10.1. The van der Waals surface area contributed by atoms with Gasteiger partial charge in [-0.05, 0) is 6.42 Å². The van der Waals surface area contributed by atoms with Gasteiger partial charge in [-0.1, -0.05) is 6.92 Å². The number of aliphatic hydroxyl groups excluding tert-OH is 1. The average molecular weight is 258 g/mol. The Hall–Kier alpha value is -0.690. The molecule has 2 fully saturated rings. The molecule has 2 aliphatic rings. The van der Waals surface area contributed by atoms with Gasteiger partial charge in [0.25, 0.3) is 0 Å². The van der Waals surface area contributed by atoms with Crippen LogP contribution in [0.3, 0.4) is 0 Å². The summed E-state index contributed by atoms with van der Waals surface area (Å²) in [6.45, 7) is 2.99. The molecule has 0 radical (unpaired) electrons. The van der Waals surface area contributed by atoms with Gasteiger partial charge in [-0.15, -0.1) is 0 Å². The molecule has 5 atom stereocenters. The molecule has 104 valence electrons. The predicted octanol–water partition coefficient (Wildman–Crippen LogP) is -0.853. The number of nitrogens with two attached hydrogens (primary N) is 1. The van der Waals surface area contributed by atoms with Gasteiger partial charge < -0.3 is 25.6 Å². The van der Waals surface area contributed by atoms with E-state index in [0.717, 1.165) is 6.42 Å². The summed E-state index contributed by atoms with van der Waals surface area (Å²) in [5.41, 5.74) is 5.49. The van der Waals surface area contributed by atoms with Crippen LogP contribution >= 0.6 is 0 Å². The van der Waals surface area contributed by atoms with Crippen molar-refractivity contribution in [3.8, 4) is 0 Å². The number of carbonyl (C=O) groups excluding carboxylic acids is 1. The van der Waals surface area contributed by atoms with Crippen LogP contribution in [0.4, 0.5) is 0 Å². The number of carbonyl (C=O) groups is 1. The Morgan fingerprint density at radius 3 is 2.89 bits per heavy atom. The fraction of sp³-hybridized carbons (Fsp3) is 0.917. The summed E-state index contributed by atoms with van der Waals surface area (Å²) in [4.78, 5) is 11.6. The van der Waals surface area contributed by atoms with Crippen LogP contribution in [0.2, 0.25) is 0 Å². The van der Waals surface area contributed by atoms with Gasteiger partial charge in [0.2, 0.25) is 5.91 Å². The lowest BCUT2D eigenvalue weighted by Crippen LogP contribution is -2.37. The second kappa shape index (κ2) is 5.97. The largest absolute Gasteiger partial charge is 0.388 e. The van der Waals surface area contributed by atoms with E-state index in [2.05, 4.69) is 5.32 Å². The van der Waals surface area contributed by atoms with Crippen LogP contribution in [0, 0.1) is 0 Å². The maximum atomic E-state index is 11.6. The van der Waals surface area contributed by atoms with E-state index in [4.69, 9.17) is 15.2 Å². The molecule has 0 aromatic rings. The summed E-state index contributed by atoms with van der Waals surface area (Å²) in [6, 6.07) is 0. The first-order valence-corrected chi connectivity index (χ1v) is 6.61. The summed E-state index contributed by atoms with van der Waals surface area (Å²) in [5.74, 6) is -0.00770. The lowest BCUT2D eigenvalue weighted by Gasteiger charge is -2.18. The minimum absolute atomic E-state index is 0.00770. The highest BCUT2D eigenvalue weighted by atomic mass is 16.6. The van der Waals surface area contributed by atoms with Crippen LogP contribution in [0.25, 0.3) is 0 Å². The topological polar surface area (TPSA) is 93.8 Å². The number of nitrogens with one attached hydrogen (secondary N) is 1. The molecule has 0 aliphatic carbocycles. The van der Waals surface area contributed by atoms with Crippen molar-refractivity contribution >= 4 is 5.91 Å². The van der Waals surface area contributed by atoms with Gasteiger partial charge >= 0.3 is 0 Å². The second-order valence-electron chi connectivity index (χ2n) is 4.95. The molecule has 0 aromatic heterocycles. The Morgan fingerprint density at radius 1 is 1.50 bits per heavy atom. The van der Waals surface area contributed by atoms with Gasteiger partial charge in [0.05, 0.1) is 24.7 Å². The van der Waals surface area contributed by atoms with Crippen LogP contribution in [0.15, 0.2) is 0 Å². The molecule has 0 unspecified atom stereocenters. The number of fused-ring (bicyclic) bond motifs is 1. The summed E-state index contributed by atoms with van der Waals surface area (Å²) in [5, 5.41) is 12.7. The molecule has 4 N–H and O–H groups in total. The molecule has 2 rings (SSSR count). The summed E-state index contributed by atoms with van der Waals surface area (Å²) >= 11 is 0. The first kappa shape index (κ1) is 13.7. The van der Waals surface area contributed by atoms with E-state index in [0.29, 0.717) is 25.9 Å². The van der Waals surface area contributed by atoms with Gasteiger partial charge in [-0.25, -0.2) is 0 Å². The molecular weight excluding hydrogens is 236 g/mol. The summed E-state index contributed by atoms with van der Waals surface area (Å²) < 4.78 is 11.3. The van der Waals surface area contributed by atoms with Gasteiger partial charge in [-0.2, -0.15) is 0 Å². The zero-order valence-corrected chi connectivity index (χ0v) is 10.7. The quantitative estimate of drug-likeness (QED) is 0.597. The Bertz CT molecular complexity index is 300. The summed E-state index contributed by atoms with van der Waals surface area (Å²) in [6.07, 6.45) is 0.264. The highest BCUT2D eigenvalue weighted by molar-refractivity contribution is 5.76. The minimum atomic E-state index is -0.677. The third kappa shape index (κ3) is 2.83. The van der Waals surface area contributed by atoms with Crippen LogP contribution in [-0.2, 0) is 14.3 Å². The van der Waals surface area contributed by atoms with Crippen molar-refractivity contribution < 1.29 is 19.4 Å². The van der Waals surface area contributed by atoms with E-state index in [9.17, 15) is 9.90 Å². The van der Waals surface area contributed by atoms with Crippen LogP contribution in [-0.4, -0.2) is 54.6 Å². The minimum Gasteiger partial charge on any atom is -0.388 e. The van der Waals surface area contributed by atoms with E-state index < -0.39 is 6.10 Å². The maximum Gasteiger partial charge on any atom is 0.222 e. The Labute approximate surface area is 107 Å². The fourth-order valence-corrected chi connectivity index (χ4v) is 2.58.